The Kier molecular flexibility index (Phi) is 2.23. The molecule has 0 saturated heterocycles. The van der Waals surface area contributed by atoms with Gasteiger partial charge in [-0.2, -0.15) is 0 Å². The maximum absolute atomic E-state index is 8.00. The Morgan fingerprint density at radius 2 is 1.35 bits per heavy atom. The molecule has 0 saturated carbocycles. The molecule has 0 bridgehead atoms. The van der Waals surface area contributed by atoms with Crippen LogP contribution in [0.5, 0.6) is 0 Å². The van der Waals surface area contributed by atoms with E-state index in [2.05, 4.69) is 54.6 Å². The first kappa shape index (κ1) is 11.5. The lowest BCUT2D eigenvalue weighted by Crippen LogP contribution is -1.88. The molecule has 0 amide bonds. The van der Waals surface area contributed by atoms with Crippen LogP contribution >= 0.6 is 0 Å². The van der Waals surface area contributed by atoms with Crippen LogP contribution in [0.15, 0.2) is 78.8 Å². The van der Waals surface area contributed by atoms with Crippen molar-refractivity contribution in [2.24, 2.45) is 0 Å². The fourth-order valence-electron chi connectivity index (χ4n) is 3.59. The number of nitrogen functional groups attached to an aromatic ring is 1. The number of hydrogen-bond donors (Lipinski definition) is 1. The molecule has 0 atom stereocenters. The molecule has 0 aromatic heterocycles. The molecule has 0 aliphatic heterocycles. The van der Waals surface area contributed by atoms with E-state index < -0.39 is 0 Å². The monoisotopic (exact) mass is 294 g/mol. The van der Waals surface area contributed by atoms with Gasteiger partial charge in [-0.3, -0.25) is 0 Å². The topological polar surface area (TPSA) is 26.0 Å². The zero-order chi connectivity index (χ0) is 16.3. The fourth-order valence-corrected chi connectivity index (χ4v) is 3.59. The summed E-state index contributed by atoms with van der Waals surface area (Å²) in [5.41, 5.74) is 8.50. The molecule has 0 heterocycles. The predicted molar refractivity (Wildman–Crippen MR) is 100.0 cm³/mol. The SMILES string of the molecule is [2H]c1cc(-c2ccc3ccc4cccc5ccc2c3c45)ccc1N. The zero-order valence-corrected chi connectivity index (χ0v) is 12.5. The third-order valence-corrected chi connectivity index (χ3v) is 4.68. The van der Waals surface area contributed by atoms with Crippen molar-refractivity contribution in [2.45, 2.75) is 0 Å². The highest BCUT2D eigenvalue weighted by atomic mass is 14.5. The minimum absolute atomic E-state index is 0.373. The minimum atomic E-state index is 0.373. The Balaban J connectivity index is 1.95. The first-order valence-electron chi connectivity index (χ1n) is 8.25. The van der Waals surface area contributed by atoms with Gasteiger partial charge in [0.05, 0.1) is 1.37 Å². The van der Waals surface area contributed by atoms with Crippen LogP contribution in [0.3, 0.4) is 0 Å². The van der Waals surface area contributed by atoms with Crippen LogP contribution in [0, 0.1) is 0 Å². The summed E-state index contributed by atoms with van der Waals surface area (Å²) in [5.74, 6) is 0. The summed E-state index contributed by atoms with van der Waals surface area (Å²) in [5, 5.41) is 7.62. The number of benzene rings is 5. The smallest absolute Gasteiger partial charge is 0.0645 e. The van der Waals surface area contributed by atoms with Crippen molar-refractivity contribution in [3.63, 3.8) is 0 Å². The Bertz CT molecular complexity index is 1210. The van der Waals surface area contributed by atoms with E-state index in [0.717, 1.165) is 11.1 Å². The summed E-state index contributed by atoms with van der Waals surface area (Å²) < 4.78 is 8.00. The first-order valence-corrected chi connectivity index (χ1v) is 7.75. The van der Waals surface area contributed by atoms with Crippen molar-refractivity contribution in [1.82, 2.24) is 0 Å². The van der Waals surface area contributed by atoms with Crippen LogP contribution in [-0.4, -0.2) is 0 Å². The highest BCUT2D eigenvalue weighted by Gasteiger charge is 2.11. The maximum atomic E-state index is 8.00. The second-order valence-corrected chi connectivity index (χ2v) is 6.00. The lowest BCUT2D eigenvalue weighted by atomic mass is 9.90. The molecule has 5 aromatic rings. The van der Waals surface area contributed by atoms with Gasteiger partial charge in [0, 0.05) is 5.69 Å². The summed E-state index contributed by atoms with van der Waals surface area (Å²) in [4.78, 5) is 0. The Morgan fingerprint density at radius 1 is 0.652 bits per heavy atom. The van der Waals surface area contributed by atoms with Crippen molar-refractivity contribution >= 4 is 38.0 Å². The summed E-state index contributed by atoms with van der Waals surface area (Å²) >= 11 is 0. The molecule has 1 nitrogen and oxygen atoms in total. The lowest BCUT2D eigenvalue weighted by molar-refractivity contribution is 1.65. The molecule has 0 spiro atoms. The van der Waals surface area contributed by atoms with E-state index in [9.17, 15) is 0 Å². The van der Waals surface area contributed by atoms with Gasteiger partial charge in [-0.1, -0.05) is 66.7 Å². The molecule has 108 valence electrons. The first-order chi connectivity index (χ1) is 11.7. The Hall–Kier alpha value is -3.06. The molecular formula is C22H15N. The van der Waals surface area contributed by atoms with Crippen LogP contribution in [0.4, 0.5) is 5.69 Å². The quantitative estimate of drug-likeness (QED) is 0.305. The van der Waals surface area contributed by atoms with Crippen molar-refractivity contribution < 1.29 is 1.37 Å². The van der Waals surface area contributed by atoms with E-state index in [1.165, 1.54) is 32.3 Å². The zero-order valence-electron chi connectivity index (χ0n) is 13.5. The van der Waals surface area contributed by atoms with E-state index in [1.54, 1.807) is 0 Å². The van der Waals surface area contributed by atoms with Gasteiger partial charge in [-0.15, -0.1) is 0 Å². The predicted octanol–water partition coefficient (Wildman–Crippen LogP) is 5.83. The molecule has 2 N–H and O–H groups in total. The molecular weight excluding hydrogens is 278 g/mol. The lowest BCUT2D eigenvalue weighted by Gasteiger charge is -2.14. The van der Waals surface area contributed by atoms with Crippen LogP contribution in [0.1, 0.15) is 1.37 Å². The number of rotatable bonds is 1. The van der Waals surface area contributed by atoms with E-state index in [4.69, 9.17) is 7.10 Å². The van der Waals surface area contributed by atoms with Crippen molar-refractivity contribution in [3.05, 3.63) is 78.8 Å². The Labute approximate surface area is 135 Å². The second-order valence-electron chi connectivity index (χ2n) is 6.00. The molecule has 1 heteroatoms. The summed E-state index contributed by atoms with van der Waals surface area (Å²) in [6, 6.07) is 25.5. The average Bonchev–Trinajstić information content (AvgIpc) is 2.62. The molecule has 0 fully saturated rings. The van der Waals surface area contributed by atoms with Gasteiger partial charge in [-0.25, -0.2) is 0 Å². The number of hydrogen-bond acceptors (Lipinski definition) is 1. The number of nitrogens with two attached hydrogens (primary N) is 1. The largest absolute Gasteiger partial charge is 0.399 e. The second kappa shape index (κ2) is 4.47. The van der Waals surface area contributed by atoms with Gasteiger partial charge in [-0.05, 0) is 55.6 Å². The maximum Gasteiger partial charge on any atom is 0.0645 e. The van der Waals surface area contributed by atoms with Gasteiger partial charge in [0.15, 0.2) is 0 Å². The standard InChI is InChI=1S/C22H15N/c23-18-10-6-14(7-11-18)19-12-8-17-5-4-15-2-1-3-16-9-13-20(19)22(17)21(15)16/h1-13H,23H2/i10D. The van der Waals surface area contributed by atoms with Gasteiger partial charge in [0.1, 0.15) is 0 Å². The summed E-state index contributed by atoms with van der Waals surface area (Å²) in [6.07, 6.45) is 0. The summed E-state index contributed by atoms with van der Waals surface area (Å²) in [7, 11) is 0. The fraction of sp³-hybridized carbons (Fsp3) is 0. The van der Waals surface area contributed by atoms with Crippen molar-refractivity contribution in [3.8, 4) is 11.1 Å². The molecule has 23 heavy (non-hydrogen) atoms. The van der Waals surface area contributed by atoms with E-state index in [0.29, 0.717) is 11.7 Å². The minimum Gasteiger partial charge on any atom is -0.399 e. The molecule has 5 rings (SSSR count). The van der Waals surface area contributed by atoms with Crippen LogP contribution in [0.25, 0.3) is 43.4 Å². The molecule has 0 aliphatic rings. The van der Waals surface area contributed by atoms with E-state index >= 15 is 0 Å². The van der Waals surface area contributed by atoms with E-state index in [-0.39, 0.29) is 0 Å². The van der Waals surface area contributed by atoms with Gasteiger partial charge in [0.25, 0.3) is 0 Å². The Morgan fingerprint density at radius 3 is 2.13 bits per heavy atom. The third kappa shape index (κ3) is 1.74. The van der Waals surface area contributed by atoms with Gasteiger partial charge in [0.2, 0.25) is 0 Å². The van der Waals surface area contributed by atoms with Crippen molar-refractivity contribution in [2.75, 3.05) is 5.73 Å². The third-order valence-electron chi connectivity index (χ3n) is 4.68. The van der Waals surface area contributed by atoms with Crippen molar-refractivity contribution in [1.29, 1.82) is 0 Å². The van der Waals surface area contributed by atoms with Crippen LogP contribution in [0.2, 0.25) is 0 Å². The number of anilines is 1. The molecule has 0 unspecified atom stereocenters. The van der Waals surface area contributed by atoms with Crippen LogP contribution < -0.4 is 5.73 Å². The highest BCUT2D eigenvalue weighted by molar-refractivity contribution is 6.25. The molecule has 0 radical (unpaired) electrons. The molecule has 5 aromatic carbocycles. The average molecular weight is 294 g/mol. The van der Waals surface area contributed by atoms with Gasteiger partial charge < -0.3 is 5.73 Å². The highest BCUT2D eigenvalue weighted by Crippen LogP contribution is 2.39. The van der Waals surface area contributed by atoms with Crippen LogP contribution in [-0.2, 0) is 0 Å². The normalized spacial score (nSPS) is 12.3. The van der Waals surface area contributed by atoms with E-state index in [1.807, 2.05) is 18.2 Å². The van der Waals surface area contributed by atoms with Gasteiger partial charge >= 0.3 is 0 Å². The summed E-state index contributed by atoms with van der Waals surface area (Å²) in [6.45, 7) is 0. The molecule has 0 aliphatic carbocycles.